The molecule has 2 rings (SSSR count). The number of rotatable bonds is 6. The molecule has 23 heavy (non-hydrogen) atoms. The van der Waals surface area contributed by atoms with Gasteiger partial charge in [-0.2, -0.15) is 0 Å². The van der Waals surface area contributed by atoms with Crippen LogP contribution in [0.4, 0.5) is 5.69 Å². The Morgan fingerprint density at radius 1 is 1.17 bits per heavy atom. The van der Waals surface area contributed by atoms with Gasteiger partial charge >= 0.3 is 11.9 Å². The third-order valence-corrected chi connectivity index (χ3v) is 3.50. The predicted octanol–water partition coefficient (Wildman–Crippen LogP) is 0.934. The number of esters is 2. The molecule has 1 aliphatic heterocycles. The highest BCUT2D eigenvalue weighted by Gasteiger charge is 2.20. The fraction of sp³-hybridized carbons (Fsp3) is 0.500. The molecule has 0 saturated carbocycles. The van der Waals surface area contributed by atoms with Crippen molar-refractivity contribution in [2.45, 2.75) is 6.92 Å². The zero-order valence-corrected chi connectivity index (χ0v) is 13.2. The molecule has 0 aliphatic carbocycles. The smallest absolute Gasteiger partial charge is 0.339 e. The van der Waals surface area contributed by atoms with Crippen molar-refractivity contribution >= 4 is 17.6 Å². The Hall–Kier alpha value is -2.12. The third-order valence-electron chi connectivity index (χ3n) is 3.50. The normalized spacial score (nSPS) is 15.2. The Morgan fingerprint density at radius 2 is 1.87 bits per heavy atom. The lowest BCUT2D eigenvalue weighted by atomic mass is 10.1. The van der Waals surface area contributed by atoms with Crippen LogP contribution in [0.5, 0.6) is 0 Å². The van der Waals surface area contributed by atoms with Gasteiger partial charge < -0.3 is 19.9 Å². The minimum atomic E-state index is -0.575. The second-order valence-electron chi connectivity index (χ2n) is 5.12. The number of anilines is 1. The fourth-order valence-corrected chi connectivity index (χ4v) is 2.29. The van der Waals surface area contributed by atoms with Gasteiger partial charge in [-0.15, -0.1) is 0 Å². The molecule has 1 aromatic carbocycles. The molecular formula is C16H22N2O5. The highest BCUT2D eigenvalue weighted by molar-refractivity contribution is 6.03. The van der Waals surface area contributed by atoms with Crippen LogP contribution < -0.4 is 5.73 Å². The number of carbonyl (C=O) groups is 2. The average Bonchev–Trinajstić information content (AvgIpc) is 2.55. The summed E-state index contributed by atoms with van der Waals surface area (Å²) < 4.78 is 15.5. The monoisotopic (exact) mass is 322 g/mol. The number of nitrogen functional groups attached to an aromatic ring is 1. The summed E-state index contributed by atoms with van der Waals surface area (Å²) in [6, 6.07) is 4.46. The van der Waals surface area contributed by atoms with Crippen LogP contribution in [0.1, 0.15) is 27.6 Å². The summed E-state index contributed by atoms with van der Waals surface area (Å²) in [5.41, 5.74) is 6.38. The summed E-state index contributed by atoms with van der Waals surface area (Å²) >= 11 is 0. The molecule has 126 valence electrons. The van der Waals surface area contributed by atoms with Gasteiger partial charge in [-0.05, 0) is 25.1 Å². The summed E-state index contributed by atoms with van der Waals surface area (Å²) in [6.45, 7) is 5.84. The van der Waals surface area contributed by atoms with Gasteiger partial charge in [0, 0.05) is 25.3 Å². The van der Waals surface area contributed by atoms with Crippen molar-refractivity contribution in [2.24, 2.45) is 0 Å². The summed E-state index contributed by atoms with van der Waals surface area (Å²) in [5, 5.41) is 0. The van der Waals surface area contributed by atoms with Gasteiger partial charge in [-0.3, -0.25) is 4.90 Å². The van der Waals surface area contributed by atoms with Gasteiger partial charge in [0.25, 0.3) is 0 Å². The largest absolute Gasteiger partial charge is 0.462 e. The zero-order chi connectivity index (χ0) is 16.7. The number of hydrogen-bond donors (Lipinski definition) is 1. The first-order valence-electron chi connectivity index (χ1n) is 7.65. The summed E-state index contributed by atoms with van der Waals surface area (Å²) in [7, 11) is 0. The molecule has 1 aromatic rings. The Balaban J connectivity index is 1.97. The van der Waals surface area contributed by atoms with Crippen LogP contribution in [0.3, 0.4) is 0 Å². The van der Waals surface area contributed by atoms with Gasteiger partial charge in [0.05, 0.1) is 30.9 Å². The third kappa shape index (κ3) is 4.94. The fourth-order valence-electron chi connectivity index (χ4n) is 2.29. The molecule has 0 radical (unpaired) electrons. The predicted molar refractivity (Wildman–Crippen MR) is 84.4 cm³/mol. The van der Waals surface area contributed by atoms with Gasteiger partial charge in [0.15, 0.2) is 0 Å². The lowest BCUT2D eigenvalue weighted by Gasteiger charge is -2.26. The average molecular weight is 322 g/mol. The Bertz CT molecular complexity index is 555. The van der Waals surface area contributed by atoms with E-state index in [0.717, 1.165) is 13.1 Å². The number of carbonyl (C=O) groups excluding carboxylic acids is 2. The molecule has 0 amide bonds. The maximum Gasteiger partial charge on any atom is 0.339 e. The van der Waals surface area contributed by atoms with E-state index in [1.165, 1.54) is 12.1 Å². The van der Waals surface area contributed by atoms with Crippen LogP contribution in [0.2, 0.25) is 0 Å². The topological polar surface area (TPSA) is 91.1 Å². The van der Waals surface area contributed by atoms with Gasteiger partial charge in [0.1, 0.15) is 6.61 Å². The number of nitrogens with zero attached hydrogens (tertiary/aromatic N) is 1. The number of benzene rings is 1. The molecule has 0 aromatic heterocycles. The van der Waals surface area contributed by atoms with Crippen LogP contribution in [-0.4, -0.2) is 62.9 Å². The van der Waals surface area contributed by atoms with Crippen molar-refractivity contribution in [3.63, 3.8) is 0 Å². The van der Waals surface area contributed by atoms with E-state index in [1.54, 1.807) is 13.0 Å². The molecule has 1 saturated heterocycles. The quantitative estimate of drug-likeness (QED) is 0.615. The molecule has 0 spiro atoms. The van der Waals surface area contributed by atoms with Gasteiger partial charge in [-0.1, -0.05) is 0 Å². The minimum Gasteiger partial charge on any atom is -0.462 e. The van der Waals surface area contributed by atoms with Crippen LogP contribution in [0, 0.1) is 0 Å². The SMILES string of the molecule is CCOC(=O)c1ccc(N)cc1C(=O)OCCN1CCOCC1. The Morgan fingerprint density at radius 3 is 2.57 bits per heavy atom. The first-order valence-corrected chi connectivity index (χ1v) is 7.65. The molecule has 7 nitrogen and oxygen atoms in total. The maximum absolute atomic E-state index is 12.2. The van der Waals surface area contributed by atoms with E-state index in [9.17, 15) is 9.59 Å². The van der Waals surface area contributed by atoms with Crippen molar-refractivity contribution in [3.8, 4) is 0 Å². The van der Waals surface area contributed by atoms with Crippen LogP contribution in [0.15, 0.2) is 18.2 Å². The molecule has 7 heteroatoms. The van der Waals surface area contributed by atoms with Gasteiger partial charge in [-0.25, -0.2) is 9.59 Å². The van der Waals surface area contributed by atoms with Crippen molar-refractivity contribution in [3.05, 3.63) is 29.3 Å². The van der Waals surface area contributed by atoms with Crippen molar-refractivity contribution < 1.29 is 23.8 Å². The lowest BCUT2D eigenvalue weighted by Crippen LogP contribution is -2.38. The van der Waals surface area contributed by atoms with Crippen LogP contribution in [-0.2, 0) is 14.2 Å². The van der Waals surface area contributed by atoms with Crippen molar-refractivity contribution in [1.82, 2.24) is 4.90 Å². The highest BCUT2D eigenvalue weighted by atomic mass is 16.5. The highest BCUT2D eigenvalue weighted by Crippen LogP contribution is 2.16. The molecule has 2 N–H and O–H groups in total. The summed E-state index contributed by atoms with van der Waals surface area (Å²) in [6.07, 6.45) is 0. The first-order chi connectivity index (χ1) is 11.1. The summed E-state index contributed by atoms with van der Waals surface area (Å²) in [4.78, 5) is 26.3. The Kier molecular flexibility index (Phi) is 6.37. The zero-order valence-electron chi connectivity index (χ0n) is 13.2. The van der Waals surface area contributed by atoms with E-state index < -0.39 is 11.9 Å². The lowest BCUT2D eigenvalue weighted by molar-refractivity contribution is 0.0193. The van der Waals surface area contributed by atoms with Crippen molar-refractivity contribution in [1.29, 1.82) is 0 Å². The van der Waals surface area contributed by atoms with E-state index in [-0.39, 0.29) is 24.3 Å². The van der Waals surface area contributed by atoms with E-state index in [4.69, 9.17) is 19.9 Å². The van der Waals surface area contributed by atoms with Crippen molar-refractivity contribution in [2.75, 3.05) is 51.8 Å². The Labute approximate surface area is 135 Å². The molecule has 1 heterocycles. The second kappa shape index (κ2) is 8.50. The number of ether oxygens (including phenoxy) is 3. The second-order valence-corrected chi connectivity index (χ2v) is 5.12. The number of nitrogens with two attached hydrogens (primary N) is 1. The number of morpholine rings is 1. The van der Waals surface area contributed by atoms with Gasteiger partial charge in [0.2, 0.25) is 0 Å². The first kappa shape index (κ1) is 17.2. The summed E-state index contributed by atoms with van der Waals surface area (Å²) in [5.74, 6) is -1.14. The molecular weight excluding hydrogens is 300 g/mol. The van der Waals surface area contributed by atoms with E-state index in [1.807, 2.05) is 0 Å². The standard InChI is InChI=1S/C16H22N2O5/c1-2-22-15(19)13-4-3-12(17)11-14(13)16(20)23-10-7-18-5-8-21-9-6-18/h3-4,11H,2,5-10,17H2,1H3. The van der Waals surface area contributed by atoms with E-state index in [2.05, 4.69) is 4.90 Å². The molecule has 0 bridgehead atoms. The van der Waals surface area contributed by atoms with Crippen LogP contribution >= 0.6 is 0 Å². The molecule has 1 aliphatic rings. The number of hydrogen-bond acceptors (Lipinski definition) is 7. The molecule has 0 unspecified atom stereocenters. The molecule has 0 atom stereocenters. The van der Waals surface area contributed by atoms with Crippen LogP contribution in [0.25, 0.3) is 0 Å². The van der Waals surface area contributed by atoms with E-state index in [0.29, 0.717) is 25.4 Å². The maximum atomic E-state index is 12.2. The molecule has 1 fully saturated rings. The minimum absolute atomic E-state index is 0.130. The van der Waals surface area contributed by atoms with E-state index >= 15 is 0 Å².